The summed E-state index contributed by atoms with van der Waals surface area (Å²) in [4.78, 5) is 46.9. The van der Waals surface area contributed by atoms with Crippen LogP contribution in [-0.4, -0.2) is 37.4 Å². The normalized spacial score (nSPS) is 18.6. The fourth-order valence-corrected chi connectivity index (χ4v) is 3.38. The van der Waals surface area contributed by atoms with E-state index in [1.165, 1.54) is 24.3 Å². The lowest BCUT2D eigenvalue weighted by molar-refractivity contribution is -0.384. The molecule has 2 rings (SSSR count). The molecule has 0 spiro atoms. The third kappa shape index (κ3) is 2.79. The number of non-ortho nitro benzene ring substituents is 1. The van der Waals surface area contributed by atoms with Crippen LogP contribution < -0.4 is 0 Å². The number of benzene rings is 1. The van der Waals surface area contributed by atoms with Gasteiger partial charge in [0, 0.05) is 23.6 Å². The highest BCUT2D eigenvalue weighted by Crippen LogP contribution is 2.53. The Hall–Kier alpha value is -3.03. The molecule has 1 atom stereocenters. The van der Waals surface area contributed by atoms with Crippen molar-refractivity contribution in [3.63, 3.8) is 0 Å². The molecule has 0 bridgehead atoms. The maximum atomic E-state index is 12.5. The third-order valence-corrected chi connectivity index (χ3v) is 4.50. The summed E-state index contributed by atoms with van der Waals surface area (Å²) in [5.41, 5.74) is -0.629. The minimum absolute atomic E-state index is 0.0257. The Balaban J connectivity index is 2.68. The minimum atomic E-state index is -1.74. The van der Waals surface area contributed by atoms with Gasteiger partial charge in [0.1, 0.15) is 6.29 Å². The van der Waals surface area contributed by atoms with Gasteiger partial charge in [-0.05, 0) is 18.9 Å². The Bertz CT molecular complexity index is 748. The highest BCUT2D eigenvalue weighted by molar-refractivity contribution is 6.05. The number of esters is 2. The van der Waals surface area contributed by atoms with Crippen LogP contribution in [0.5, 0.6) is 0 Å². The SMILES string of the molecule is COC(=O)C1(C(=O)OC)CC(C)=C(C=O)[C@@H]1c1ccc([N+](=O)[O-])cc1. The zero-order valence-electron chi connectivity index (χ0n) is 14.0. The van der Waals surface area contributed by atoms with Gasteiger partial charge in [0.2, 0.25) is 0 Å². The van der Waals surface area contributed by atoms with Gasteiger partial charge in [0.25, 0.3) is 5.69 Å². The number of carbonyl (C=O) groups is 3. The highest BCUT2D eigenvalue weighted by Gasteiger charge is 2.60. The van der Waals surface area contributed by atoms with Crippen molar-refractivity contribution >= 4 is 23.9 Å². The predicted octanol–water partition coefficient (Wildman–Crippen LogP) is 1.93. The zero-order chi connectivity index (χ0) is 18.8. The summed E-state index contributed by atoms with van der Waals surface area (Å²) < 4.78 is 9.65. The molecule has 0 saturated heterocycles. The van der Waals surface area contributed by atoms with Crippen LogP contribution in [0.25, 0.3) is 0 Å². The lowest BCUT2D eigenvalue weighted by Crippen LogP contribution is -2.44. The first kappa shape index (κ1) is 18.3. The Morgan fingerprint density at radius 1 is 1.20 bits per heavy atom. The Morgan fingerprint density at radius 3 is 2.12 bits per heavy atom. The van der Waals surface area contributed by atoms with E-state index in [1.54, 1.807) is 6.92 Å². The van der Waals surface area contributed by atoms with Crippen molar-refractivity contribution in [1.29, 1.82) is 0 Å². The monoisotopic (exact) mass is 347 g/mol. The van der Waals surface area contributed by atoms with Crippen LogP contribution in [0.4, 0.5) is 5.69 Å². The molecule has 1 aromatic rings. The fraction of sp³-hybridized carbons (Fsp3) is 0.353. The maximum absolute atomic E-state index is 12.5. The van der Waals surface area contributed by atoms with Gasteiger partial charge in [-0.3, -0.25) is 24.5 Å². The summed E-state index contributed by atoms with van der Waals surface area (Å²) in [5, 5.41) is 10.8. The molecule has 25 heavy (non-hydrogen) atoms. The first-order valence-electron chi connectivity index (χ1n) is 7.39. The van der Waals surface area contributed by atoms with Crippen LogP contribution in [0.1, 0.15) is 24.8 Å². The van der Waals surface area contributed by atoms with Crippen molar-refractivity contribution in [3.8, 4) is 0 Å². The molecule has 0 radical (unpaired) electrons. The topological polar surface area (TPSA) is 113 Å². The summed E-state index contributed by atoms with van der Waals surface area (Å²) in [7, 11) is 2.29. The molecule has 0 amide bonds. The molecule has 0 fully saturated rings. The van der Waals surface area contributed by atoms with Crippen LogP contribution in [-0.2, 0) is 23.9 Å². The smallest absolute Gasteiger partial charge is 0.324 e. The molecule has 1 aliphatic carbocycles. The summed E-state index contributed by atoms with van der Waals surface area (Å²) >= 11 is 0. The van der Waals surface area contributed by atoms with E-state index in [4.69, 9.17) is 9.47 Å². The largest absolute Gasteiger partial charge is 0.468 e. The predicted molar refractivity (Wildman–Crippen MR) is 85.7 cm³/mol. The number of hydrogen-bond donors (Lipinski definition) is 0. The average molecular weight is 347 g/mol. The van der Waals surface area contributed by atoms with Crippen LogP contribution in [0.3, 0.4) is 0 Å². The van der Waals surface area contributed by atoms with Gasteiger partial charge in [-0.1, -0.05) is 17.7 Å². The van der Waals surface area contributed by atoms with E-state index >= 15 is 0 Å². The summed E-state index contributed by atoms with van der Waals surface area (Å²) in [6, 6.07) is 5.35. The van der Waals surface area contributed by atoms with Gasteiger partial charge in [0.05, 0.1) is 19.1 Å². The Kier molecular flexibility index (Phi) is 5.01. The van der Waals surface area contributed by atoms with Gasteiger partial charge in [-0.15, -0.1) is 0 Å². The minimum Gasteiger partial charge on any atom is -0.468 e. The van der Waals surface area contributed by atoms with Gasteiger partial charge >= 0.3 is 11.9 Å². The van der Waals surface area contributed by atoms with Crippen LogP contribution in [0.15, 0.2) is 35.4 Å². The molecule has 0 heterocycles. The van der Waals surface area contributed by atoms with Crippen molar-refractivity contribution < 1.29 is 28.8 Å². The molecule has 0 saturated carbocycles. The van der Waals surface area contributed by atoms with Gasteiger partial charge in [-0.25, -0.2) is 0 Å². The van der Waals surface area contributed by atoms with Gasteiger partial charge < -0.3 is 9.47 Å². The van der Waals surface area contributed by atoms with E-state index < -0.39 is 28.2 Å². The molecule has 0 unspecified atom stereocenters. The van der Waals surface area contributed by atoms with Gasteiger partial charge in [-0.2, -0.15) is 0 Å². The van der Waals surface area contributed by atoms with Crippen LogP contribution in [0.2, 0.25) is 0 Å². The number of nitro benzene ring substituents is 1. The fourth-order valence-electron chi connectivity index (χ4n) is 3.38. The second-order valence-electron chi connectivity index (χ2n) is 5.77. The first-order valence-corrected chi connectivity index (χ1v) is 7.39. The van der Waals surface area contributed by atoms with E-state index in [0.29, 0.717) is 17.4 Å². The molecular weight excluding hydrogens is 330 g/mol. The molecule has 8 heteroatoms. The molecule has 1 aliphatic rings. The van der Waals surface area contributed by atoms with E-state index in [0.717, 1.165) is 14.2 Å². The molecule has 0 N–H and O–H groups in total. The van der Waals surface area contributed by atoms with Crippen molar-refractivity contribution in [1.82, 2.24) is 0 Å². The zero-order valence-corrected chi connectivity index (χ0v) is 14.0. The second-order valence-corrected chi connectivity index (χ2v) is 5.77. The molecule has 132 valence electrons. The number of nitro groups is 1. The summed E-state index contributed by atoms with van der Waals surface area (Å²) in [6.45, 7) is 1.65. The number of ether oxygens (including phenoxy) is 2. The van der Waals surface area contributed by atoms with Crippen molar-refractivity contribution in [2.75, 3.05) is 14.2 Å². The van der Waals surface area contributed by atoms with E-state index in [9.17, 15) is 24.5 Å². The van der Waals surface area contributed by atoms with Crippen LogP contribution in [0, 0.1) is 15.5 Å². The highest BCUT2D eigenvalue weighted by atomic mass is 16.6. The Morgan fingerprint density at radius 2 is 1.72 bits per heavy atom. The Labute approximate surface area is 143 Å². The van der Waals surface area contributed by atoms with Gasteiger partial charge in [0.15, 0.2) is 5.41 Å². The molecule has 0 aromatic heterocycles. The summed E-state index contributed by atoms with van der Waals surface area (Å²) in [5.74, 6) is -2.58. The molecule has 1 aromatic carbocycles. The molecule has 8 nitrogen and oxygen atoms in total. The van der Waals surface area contributed by atoms with Crippen molar-refractivity contribution in [3.05, 3.63) is 51.1 Å². The lowest BCUT2D eigenvalue weighted by atomic mass is 9.71. The van der Waals surface area contributed by atoms with Crippen LogP contribution >= 0.6 is 0 Å². The maximum Gasteiger partial charge on any atom is 0.324 e. The molecular formula is C17H17NO7. The number of nitrogens with zero attached hydrogens (tertiary/aromatic N) is 1. The third-order valence-electron chi connectivity index (χ3n) is 4.50. The number of aldehydes is 1. The quantitative estimate of drug-likeness (QED) is 0.263. The number of allylic oxidation sites excluding steroid dienone is 2. The number of carbonyl (C=O) groups excluding carboxylic acids is 3. The van der Waals surface area contributed by atoms with E-state index in [-0.39, 0.29) is 17.7 Å². The number of hydrogen-bond acceptors (Lipinski definition) is 7. The molecule has 0 aliphatic heterocycles. The van der Waals surface area contributed by atoms with E-state index in [2.05, 4.69) is 0 Å². The van der Waals surface area contributed by atoms with Crippen molar-refractivity contribution in [2.45, 2.75) is 19.3 Å². The number of rotatable bonds is 5. The van der Waals surface area contributed by atoms with E-state index in [1.807, 2.05) is 0 Å². The average Bonchev–Trinajstić information content (AvgIpc) is 2.93. The number of methoxy groups -OCH3 is 2. The lowest BCUT2D eigenvalue weighted by Gasteiger charge is -2.31. The second kappa shape index (κ2) is 6.84. The van der Waals surface area contributed by atoms with Crippen molar-refractivity contribution in [2.24, 2.45) is 5.41 Å². The summed E-state index contributed by atoms with van der Waals surface area (Å²) in [6.07, 6.45) is 0.567. The first-order chi connectivity index (χ1) is 11.8. The standard InChI is InChI=1S/C17H17NO7/c1-10-8-17(15(20)24-2,16(21)25-3)14(13(10)9-19)11-4-6-12(7-5-11)18(22)23/h4-7,9,14H,8H2,1-3H3/t14-/m0/s1.